The monoisotopic (exact) mass is 302 g/mol. The molecule has 2 rings (SSSR count). The quantitative estimate of drug-likeness (QED) is 0.787. The van der Waals surface area contributed by atoms with Crippen molar-refractivity contribution < 1.29 is 9.05 Å². The first kappa shape index (κ1) is 14.2. The van der Waals surface area contributed by atoms with Gasteiger partial charge in [0.05, 0.1) is 23.3 Å². The van der Waals surface area contributed by atoms with Gasteiger partial charge in [0.15, 0.2) is 0 Å². The molecule has 4 nitrogen and oxygen atoms in total. The Morgan fingerprint density at radius 2 is 1.10 bits per heavy atom. The molecule has 0 radical (unpaired) electrons. The van der Waals surface area contributed by atoms with Crippen molar-refractivity contribution in [3.8, 4) is 23.6 Å². The fourth-order valence-corrected chi connectivity index (χ4v) is 2.46. The van der Waals surface area contributed by atoms with Crippen LogP contribution in [-0.4, -0.2) is 0 Å². The molecule has 98 valence electrons. The molecule has 20 heavy (non-hydrogen) atoms. The van der Waals surface area contributed by atoms with Crippen molar-refractivity contribution in [3.05, 3.63) is 59.7 Å². The zero-order valence-electron chi connectivity index (χ0n) is 10.2. The van der Waals surface area contributed by atoms with Crippen molar-refractivity contribution in [3.63, 3.8) is 0 Å². The van der Waals surface area contributed by atoms with Gasteiger partial charge in [-0.1, -0.05) is 0 Å². The van der Waals surface area contributed by atoms with E-state index in [1.165, 1.54) is 0 Å². The van der Waals surface area contributed by atoms with Crippen molar-refractivity contribution in [1.82, 2.24) is 0 Å². The van der Waals surface area contributed by atoms with Crippen LogP contribution in [0.25, 0.3) is 0 Å². The molecule has 0 aromatic heterocycles. The summed E-state index contributed by atoms with van der Waals surface area (Å²) in [6, 6.07) is 17.2. The van der Waals surface area contributed by atoms with Gasteiger partial charge >= 0.3 is 7.73 Å². The minimum Gasteiger partial charge on any atom is -0.427 e. The van der Waals surface area contributed by atoms with Gasteiger partial charge < -0.3 is 9.05 Å². The van der Waals surface area contributed by atoms with Crippen molar-refractivity contribution >= 4 is 19.0 Å². The standard InChI is InChI=1S/C14H8ClN2O2P/c15-20(18-13-5-1-11(9-16)2-6-13)19-14-7-3-12(10-17)4-8-14/h1-8H. The molecule has 0 unspecified atom stereocenters. The van der Waals surface area contributed by atoms with Crippen molar-refractivity contribution in [1.29, 1.82) is 10.5 Å². The first-order valence-electron chi connectivity index (χ1n) is 5.53. The van der Waals surface area contributed by atoms with E-state index in [-0.39, 0.29) is 0 Å². The lowest BCUT2D eigenvalue weighted by Crippen LogP contribution is -1.90. The number of benzene rings is 2. The van der Waals surface area contributed by atoms with E-state index < -0.39 is 7.73 Å². The third-order valence-electron chi connectivity index (χ3n) is 2.32. The van der Waals surface area contributed by atoms with E-state index in [0.29, 0.717) is 22.6 Å². The molecule has 0 aliphatic rings. The van der Waals surface area contributed by atoms with Crippen LogP contribution in [0.1, 0.15) is 11.1 Å². The Balaban J connectivity index is 1.95. The topological polar surface area (TPSA) is 66.0 Å². The summed E-state index contributed by atoms with van der Waals surface area (Å²) in [5.41, 5.74) is 1.09. The lowest BCUT2D eigenvalue weighted by molar-refractivity contribution is 0.508. The van der Waals surface area contributed by atoms with Crippen LogP contribution in [0.3, 0.4) is 0 Å². The highest BCUT2D eigenvalue weighted by Crippen LogP contribution is 2.44. The van der Waals surface area contributed by atoms with E-state index in [2.05, 4.69) is 0 Å². The molecule has 0 heterocycles. The van der Waals surface area contributed by atoms with Gasteiger partial charge in [-0.15, -0.1) is 0 Å². The maximum Gasteiger partial charge on any atom is 0.401 e. The highest BCUT2D eigenvalue weighted by atomic mass is 35.7. The summed E-state index contributed by atoms with van der Waals surface area (Å²) in [6.07, 6.45) is 0. The van der Waals surface area contributed by atoms with Crippen molar-refractivity contribution in [2.75, 3.05) is 0 Å². The van der Waals surface area contributed by atoms with Crippen LogP contribution in [0.5, 0.6) is 11.5 Å². The molecule has 2 aromatic rings. The second kappa shape index (κ2) is 6.78. The van der Waals surface area contributed by atoms with E-state index in [1.54, 1.807) is 48.5 Å². The zero-order valence-corrected chi connectivity index (χ0v) is 11.8. The third-order valence-corrected chi connectivity index (χ3v) is 3.44. The van der Waals surface area contributed by atoms with Crippen LogP contribution >= 0.6 is 19.0 Å². The molecule has 0 aliphatic carbocycles. The Morgan fingerprint density at radius 3 is 1.40 bits per heavy atom. The van der Waals surface area contributed by atoms with E-state index in [9.17, 15) is 0 Å². The first-order chi connectivity index (χ1) is 9.71. The molecular weight excluding hydrogens is 295 g/mol. The summed E-state index contributed by atoms with van der Waals surface area (Å²) in [7, 11) is -1.65. The highest BCUT2D eigenvalue weighted by Gasteiger charge is 2.11. The van der Waals surface area contributed by atoms with Gasteiger partial charge in [0.2, 0.25) is 0 Å². The molecule has 0 spiro atoms. The Hall–Kier alpha value is -2.26. The number of hydrogen-bond donors (Lipinski definition) is 0. The predicted octanol–water partition coefficient (Wildman–Crippen LogP) is 4.35. The first-order valence-corrected chi connectivity index (χ1v) is 7.61. The van der Waals surface area contributed by atoms with E-state index in [4.69, 9.17) is 30.8 Å². The number of nitriles is 2. The Morgan fingerprint density at radius 1 is 0.750 bits per heavy atom. The van der Waals surface area contributed by atoms with Gasteiger partial charge in [0.1, 0.15) is 11.5 Å². The number of hydrogen-bond acceptors (Lipinski definition) is 4. The Labute approximate surface area is 122 Å². The van der Waals surface area contributed by atoms with Gasteiger partial charge in [-0.2, -0.15) is 10.5 Å². The molecule has 0 bridgehead atoms. The number of rotatable bonds is 4. The molecule has 6 heteroatoms. The lowest BCUT2D eigenvalue weighted by Gasteiger charge is -2.12. The summed E-state index contributed by atoms with van der Waals surface area (Å²) >= 11 is 5.99. The molecule has 0 amide bonds. The van der Waals surface area contributed by atoms with Crippen molar-refractivity contribution in [2.24, 2.45) is 0 Å². The lowest BCUT2D eigenvalue weighted by atomic mass is 10.2. The second-order valence-electron chi connectivity index (χ2n) is 3.67. The molecule has 0 saturated carbocycles. The van der Waals surface area contributed by atoms with Crippen LogP contribution in [0.15, 0.2) is 48.5 Å². The molecule has 0 N–H and O–H groups in total. The minimum absolute atomic E-state index is 0.527. The van der Waals surface area contributed by atoms with Gasteiger partial charge in [-0.25, -0.2) is 0 Å². The second-order valence-corrected chi connectivity index (χ2v) is 5.29. The van der Waals surface area contributed by atoms with Crippen LogP contribution in [0.4, 0.5) is 0 Å². The van der Waals surface area contributed by atoms with Crippen LogP contribution in [0.2, 0.25) is 0 Å². The molecule has 2 aromatic carbocycles. The van der Waals surface area contributed by atoms with E-state index in [1.807, 2.05) is 12.1 Å². The van der Waals surface area contributed by atoms with Crippen LogP contribution < -0.4 is 9.05 Å². The summed E-state index contributed by atoms with van der Waals surface area (Å²) < 4.78 is 10.8. The van der Waals surface area contributed by atoms with Gasteiger partial charge in [-0.3, -0.25) is 0 Å². The fourth-order valence-electron chi connectivity index (χ4n) is 1.37. The maximum atomic E-state index is 8.69. The summed E-state index contributed by atoms with van der Waals surface area (Å²) in [5, 5.41) is 17.4. The van der Waals surface area contributed by atoms with E-state index in [0.717, 1.165) is 0 Å². The van der Waals surface area contributed by atoms with E-state index >= 15 is 0 Å². The average Bonchev–Trinajstić information content (AvgIpc) is 2.49. The molecule has 0 atom stereocenters. The summed E-state index contributed by atoms with van der Waals surface area (Å²) in [6.45, 7) is 0. The molecule has 0 saturated heterocycles. The van der Waals surface area contributed by atoms with Crippen molar-refractivity contribution in [2.45, 2.75) is 0 Å². The minimum atomic E-state index is -1.65. The smallest absolute Gasteiger partial charge is 0.401 e. The summed E-state index contributed by atoms with van der Waals surface area (Å²) in [4.78, 5) is 0. The van der Waals surface area contributed by atoms with Gasteiger partial charge in [0, 0.05) is 0 Å². The number of halogens is 1. The fraction of sp³-hybridized carbons (Fsp3) is 0. The summed E-state index contributed by atoms with van der Waals surface area (Å²) in [5.74, 6) is 1.05. The van der Waals surface area contributed by atoms with Crippen LogP contribution in [0, 0.1) is 22.7 Å². The molecule has 0 fully saturated rings. The van der Waals surface area contributed by atoms with Gasteiger partial charge in [-0.05, 0) is 59.8 Å². The molecule has 0 aliphatic heterocycles. The molecular formula is C14H8ClN2O2P. The Kier molecular flexibility index (Phi) is 4.80. The predicted molar refractivity (Wildman–Crippen MR) is 76.3 cm³/mol. The Bertz CT molecular complexity index is 600. The van der Waals surface area contributed by atoms with Gasteiger partial charge in [0.25, 0.3) is 0 Å². The third kappa shape index (κ3) is 3.87. The zero-order chi connectivity index (χ0) is 14.4. The largest absolute Gasteiger partial charge is 0.427 e. The maximum absolute atomic E-state index is 8.69. The average molecular weight is 303 g/mol. The highest BCUT2D eigenvalue weighted by molar-refractivity contribution is 7.76. The SMILES string of the molecule is N#Cc1ccc(OP(Cl)Oc2ccc(C#N)cc2)cc1. The normalized spacial score (nSPS) is 9.60. The number of nitrogens with zero attached hydrogens (tertiary/aromatic N) is 2. The van der Waals surface area contributed by atoms with Crippen LogP contribution in [-0.2, 0) is 0 Å².